The van der Waals surface area contributed by atoms with Gasteiger partial charge in [-0.15, -0.1) is 0 Å². The average Bonchev–Trinajstić information content (AvgIpc) is 3.20. The van der Waals surface area contributed by atoms with Crippen molar-refractivity contribution in [2.45, 2.75) is 38.5 Å². The van der Waals surface area contributed by atoms with Crippen LogP contribution in [0.3, 0.4) is 0 Å². The Kier molecular flexibility index (Phi) is 4.21. The van der Waals surface area contributed by atoms with Gasteiger partial charge in [0, 0.05) is 32.0 Å². The summed E-state index contributed by atoms with van der Waals surface area (Å²) in [7, 11) is 0. The Morgan fingerprint density at radius 1 is 1.07 bits per heavy atom. The molecule has 1 N–H and O–H groups in total. The Morgan fingerprint density at radius 3 is 2.70 bits per heavy atom. The zero-order chi connectivity index (χ0) is 18.4. The van der Waals surface area contributed by atoms with Crippen LogP contribution in [0.25, 0.3) is 11.0 Å². The second kappa shape index (κ2) is 6.73. The summed E-state index contributed by atoms with van der Waals surface area (Å²) in [5, 5.41) is 11.0. The summed E-state index contributed by atoms with van der Waals surface area (Å²) >= 11 is 0. The van der Waals surface area contributed by atoms with Crippen molar-refractivity contribution < 1.29 is 5.11 Å². The lowest BCUT2D eigenvalue weighted by atomic mass is 9.77. The van der Waals surface area contributed by atoms with E-state index in [0.717, 1.165) is 49.3 Å². The standard InChI is InChI=1S/C22H26N4O/c1-15-24-19-6-2-3-7-20(19)26(15)21-9-17-13-25(14-18(17)10-22(21)27)12-16-5-4-8-23-11-16/h2-8,11,17-18,21-22,27H,9-10,12-14H2,1H3/t17-,18+,21-,22-/m0/s1. The monoisotopic (exact) mass is 362 g/mol. The number of imidazole rings is 1. The predicted molar refractivity (Wildman–Crippen MR) is 105 cm³/mol. The van der Waals surface area contributed by atoms with E-state index in [4.69, 9.17) is 4.98 Å². The molecule has 3 heterocycles. The largest absolute Gasteiger partial charge is 0.391 e. The van der Waals surface area contributed by atoms with Crippen LogP contribution in [-0.2, 0) is 6.54 Å². The second-order valence-corrected chi connectivity index (χ2v) is 8.20. The third kappa shape index (κ3) is 3.05. The maximum Gasteiger partial charge on any atom is 0.107 e. The van der Waals surface area contributed by atoms with E-state index in [9.17, 15) is 5.11 Å². The van der Waals surface area contributed by atoms with E-state index in [1.54, 1.807) is 0 Å². The molecule has 0 amide bonds. The number of benzene rings is 1. The molecule has 5 heteroatoms. The number of aliphatic hydroxyl groups excluding tert-OH is 1. The molecule has 4 atom stereocenters. The third-order valence-corrected chi connectivity index (χ3v) is 6.42. The van der Waals surface area contributed by atoms with Crippen LogP contribution in [0.1, 0.15) is 30.3 Å². The third-order valence-electron chi connectivity index (χ3n) is 6.42. The van der Waals surface area contributed by atoms with Crippen molar-refractivity contribution in [1.29, 1.82) is 0 Å². The summed E-state index contributed by atoms with van der Waals surface area (Å²) < 4.78 is 2.28. The number of fused-ring (bicyclic) bond motifs is 2. The Hall–Kier alpha value is -2.24. The summed E-state index contributed by atoms with van der Waals surface area (Å²) in [5.74, 6) is 2.22. The lowest BCUT2D eigenvalue weighted by Crippen LogP contribution is -2.36. The lowest BCUT2D eigenvalue weighted by molar-refractivity contribution is 0.0366. The Balaban J connectivity index is 1.37. The first-order valence-corrected chi connectivity index (χ1v) is 9.92. The molecular weight excluding hydrogens is 336 g/mol. The van der Waals surface area contributed by atoms with Gasteiger partial charge in [-0.05, 0) is 55.4 Å². The van der Waals surface area contributed by atoms with Crippen molar-refractivity contribution in [3.8, 4) is 0 Å². The number of para-hydroxylation sites is 2. The van der Waals surface area contributed by atoms with Gasteiger partial charge in [0.25, 0.3) is 0 Å². The molecule has 1 saturated carbocycles. The minimum absolute atomic E-state index is 0.122. The van der Waals surface area contributed by atoms with Crippen molar-refractivity contribution in [3.63, 3.8) is 0 Å². The van der Waals surface area contributed by atoms with Gasteiger partial charge in [0.15, 0.2) is 0 Å². The number of hydrogen-bond donors (Lipinski definition) is 1. The van der Waals surface area contributed by atoms with Crippen LogP contribution < -0.4 is 0 Å². The summed E-state index contributed by atoms with van der Waals surface area (Å²) in [5.41, 5.74) is 3.43. The zero-order valence-corrected chi connectivity index (χ0v) is 15.7. The Morgan fingerprint density at radius 2 is 1.89 bits per heavy atom. The highest BCUT2D eigenvalue weighted by atomic mass is 16.3. The molecular formula is C22H26N4O. The molecule has 3 aromatic rings. The second-order valence-electron chi connectivity index (χ2n) is 8.20. The van der Waals surface area contributed by atoms with Crippen LogP contribution in [0.5, 0.6) is 0 Å². The maximum absolute atomic E-state index is 11.0. The van der Waals surface area contributed by atoms with Gasteiger partial charge in [0.2, 0.25) is 0 Å². The van der Waals surface area contributed by atoms with Crippen LogP contribution in [-0.4, -0.2) is 43.7 Å². The molecule has 2 aliphatic rings. The number of likely N-dealkylation sites (tertiary alicyclic amines) is 1. The fourth-order valence-electron chi connectivity index (χ4n) is 5.24. The molecule has 1 saturated heterocycles. The number of aryl methyl sites for hydroxylation is 1. The molecule has 5 nitrogen and oxygen atoms in total. The van der Waals surface area contributed by atoms with Gasteiger partial charge in [-0.3, -0.25) is 9.88 Å². The minimum Gasteiger partial charge on any atom is -0.391 e. The SMILES string of the molecule is Cc1nc2ccccc2n1[C@H]1C[C@H]2CN(Cc3cccnc3)C[C@H]2C[C@@H]1O. The number of aliphatic hydroxyl groups is 1. The van der Waals surface area contributed by atoms with E-state index in [1.807, 2.05) is 24.5 Å². The molecule has 0 radical (unpaired) electrons. The van der Waals surface area contributed by atoms with Crippen molar-refractivity contribution in [3.05, 3.63) is 60.2 Å². The summed E-state index contributed by atoms with van der Waals surface area (Å²) in [6, 6.07) is 12.5. The average molecular weight is 362 g/mol. The zero-order valence-electron chi connectivity index (χ0n) is 15.7. The topological polar surface area (TPSA) is 54.2 Å². The smallest absolute Gasteiger partial charge is 0.107 e. The van der Waals surface area contributed by atoms with E-state index >= 15 is 0 Å². The molecule has 140 valence electrons. The highest BCUT2D eigenvalue weighted by molar-refractivity contribution is 5.76. The van der Waals surface area contributed by atoms with Gasteiger partial charge in [0.1, 0.15) is 5.82 Å². The van der Waals surface area contributed by atoms with E-state index < -0.39 is 0 Å². The molecule has 2 aromatic heterocycles. The van der Waals surface area contributed by atoms with Crippen LogP contribution in [0.15, 0.2) is 48.8 Å². The van der Waals surface area contributed by atoms with Crippen LogP contribution in [0, 0.1) is 18.8 Å². The van der Waals surface area contributed by atoms with Gasteiger partial charge in [-0.25, -0.2) is 4.98 Å². The van der Waals surface area contributed by atoms with Crippen molar-refractivity contribution in [2.24, 2.45) is 11.8 Å². The molecule has 1 aliphatic heterocycles. The molecule has 0 spiro atoms. The van der Waals surface area contributed by atoms with E-state index in [0.29, 0.717) is 11.8 Å². The van der Waals surface area contributed by atoms with Crippen LogP contribution >= 0.6 is 0 Å². The quantitative estimate of drug-likeness (QED) is 0.777. The van der Waals surface area contributed by atoms with Crippen LogP contribution in [0.2, 0.25) is 0 Å². The molecule has 5 rings (SSSR count). The number of hydrogen-bond acceptors (Lipinski definition) is 4. The predicted octanol–water partition coefficient (Wildman–Crippen LogP) is 3.18. The first-order valence-electron chi connectivity index (χ1n) is 9.92. The molecule has 0 unspecified atom stereocenters. The molecule has 0 bridgehead atoms. The van der Waals surface area contributed by atoms with Crippen molar-refractivity contribution in [1.82, 2.24) is 19.4 Å². The number of aromatic nitrogens is 3. The Bertz CT molecular complexity index is 938. The normalized spacial score (nSPS) is 28.5. The number of nitrogens with zero attached hydrogens (tertiary/aromatic N) is 4. The summed E-state index contributed by atoms with van der Waals surface area (Å²) in [6.45, 7) is 5.19. The van der Waals surface area contributed by atoms with E-state index in [-0.39, 0.29) is 12.1 Å². The molecule has 2 fully saturated rings. The van der Waals surface area contributed by atoms with E-state index in [1.165, 1.54) is 5.56 Å². The first-order chi connectivity index (χ1) is 13.2. The molecule has 27 heavy (non-hydrogen) atoms. The van der Waals surface area contributed by atoms with Crippen LogP contribution in [0.4, 0.5) is 0 Å². The van der Waals surface area contributed by atoms with Gasteiger partial charge >= 0.3 is 0 Å². The highest BCUT2D eigenvalue weighted by Gasteiger charge is 2.42. The van der Waals surface area contributed by atoms with Crippen molar-refractivity contribution in [2.75, 3.05) is 13.1 Å². The summed E-state index contributed by atoms with van der Waals surface area (Å²) in [6.07, 6.45) is 5.38. The molecule has 1 aromatic carbocycles. The summed E-state index contributed by atoms with van der Waals surface area (Å²) in [4.78, 5) is 11.5. The number of pyridine rings is 1. The van der Waals surface area contributed by atoms with Gasteiger partial charge in [0.05, 0.1) is 23.2 Å². The van der Waals surface area contributed by atoms with Crippen molar-refractivity contribution >= 4 is 11.0 Å². The van der Waals surface area contributed by atoms with Gasteiger partial charge in [-0.2, -0.15) is 0 Å². The fourth-order valence-corrected chi connectivity index (χ4v) is 5.24. The van der Waals surface area contributed by atoms with E-state index in [2.05, 4.69) is 45.6 Å². The minimum atomic E-state index is -0.305. The van der Waals surface area contributed by atoms with Gasteiger partial charge < -0.3 is 9.67 Å². The lowest BCUT2D eigenvalue weighted by Gasteiger charge is -2.36. The Labute approximate surface area is 159 Å². The van der Waals surface area contributed by atoms with Gasteiger partial charge in [-0.1, -0.05) is 18.2 Å². The number of rotatable bonds is 3. The maximum atomic E-state index is 11.0. The molecule has 1 aliphatic carbocycles. The highest BCUT2D eigenvalue weighted by Crippen LogP contribution is 2.43. The first kappa shape index (κ1) is 16.9. The fraction of sp³-hybridized carbons (Fsp3) is 0.455.